The van der Waals surface area contributed by atoms with Crippen molar-refractivity contribution in [2.45, 2.75) is 0 Å². The molecular formula is C43H27N3. The standard InChI is InChI=1S/C43H27N3/c44-28-29-15-22-37-38-23-18-33(27-43(38)46(42(37)25-29)35-20-16-31(17-21-35)30-9-3-1-4-10-30)32-19-24-41-39(26-32)36-13-7-8-14-40(36)45(41)34-11-5-2-6-12-34/h1-27H. The highest BCUT2D eigenvalue weighted by molar-refractivity contribution is 6.12. The Morgan fingerprint density at radius 1 is 0.348 bits per heavy atom. The first kappa shape index (κ1) is 26.1. The van der Waals surface area contributed by atoms with Gasteiger partial charge in [-0.1, -0.05) is 103 Å². The summed E-state index contributed by atoms with van der Waals surface area (Å²) in [6.07, 6.45) is 0. The lowest BCUT2D eigenvalue weighted by atomic mass is 10.0. The number of fused-ring (bicyclic) bond motifs is 6. The van der Waals surface area contributed by atoms with Gasteiger partial charge in [0.1, 0.15) is 0 Å². The van der Waals surface area contributed by atoms with Gasteiger partial charge in [0.15, 0.2) is 0 Å². The van der Waals surface area contributed by atoms with E-state index in [0.29, 0.717) is 5.56 Å². The molecule has 2 aromatic heterocycles. The van der Waals surface area contributed by atoms with Crippen LogP contribution in [0.1, 0.15) is 5.56 Å². The van der Waals surface area contributed by atoms with Crippen molar-refractivity contribution in [3.63, 3.8) is 0 Å². The molecular weight excluding hydrogens is 558 g/mol. The Bertz CT molecular complexity index is 2620. The number of nitriles is 1. The van der Waals surface area contributed by atoms with Gasteiger partial charge in [-0.2, -0.15) is 5.26 Å². The normalized spacial score (nSPS) is 11.5. The van der Waals surface area contributed by atoms with Gasteiger partial charge in [0.25, 0.3) is 0 Å². The molecule has 0 spiro atoms. The minimum atomic E-state index is 0.651. The Morgan fingerprint density at radius 2 is 0.870 bits per heavy atom. The van der Waals surface area contributed by atoms with Gasteiger partial charge in [0, 0.05) is 32.9 Å². The summed E-state index contributed by atoms with van der Waals surface area (Å²) < 4.78 is 4.64. The molecule has 0 aliphatic heterocycles. The summed E-state index contributed by atoms with van der Waals surface area (Å²) in [4.78, 5) is 0. The lowest BCUT2D eigenvalue weighted by Gasteiger charge is -2.11. The van der Waals surface area contributed by atoms with Crippen LogP contribution in [0, 0.1) is 11.3 Å². The second-order valence-corrected chi connectivity index (χ2v) is 11.7. The lowest BCUT2D eigenvalue weighted by molar-refractivity contribution is 1.18. The van der Waals surface area contributed by atoms with Gasteiger partial charge in [0.05, 0.1) is 33.7 Å². The molecule has 46 heavy (non-hydrogen) atoms. The molecule has 0 atom stereocenters. The fraction of sp³-hybridized carbons (Fsp3) is 0. The van der Waals surface area contributed by atoms with Crippen LogP contribution in [-0.4, -0.2) is 9.13 Å². The molecule has 0 radical (unpaired) electrons. The molecule has 0 aliphatic rings. The number of hydrogen-bond donors (Lipinski definition) is 0. The minimum Gasteiger partial charge on any atom is -0.309 e. The van der Waals surface area contributed by atoms with Crippen LogP contribution < -0.4 is 0 Å². The maximum Gasteiger partial charge on any atom is 0.0992 e. The smallest absolute Gasteiger partial charge is 0.0992 e. The Morgan fingerprint density at radius 3 is 1.65 bits per heavy atom. The molecule has 9 aromatic rings. The van der Waals surface area contributed by atoms with E-state index in [1.165, 1.54) is 38.5 Å². The zero-order valence-electron chi connectivity index (χ0n) is 24.9. The van der Waals surface area contributed by atoms with Crippen LogP contribution in [0.25, 0.3) is 77.2 Å². The van der Waals surface area contributed by atoms with E-state index in [-0.39, 0.29) is 0 Å². The minimum absolute atomic E-state index is 0.651. The van der Waals surface area contributed by atoms with Crippen LogP contribution in [0.5, 0.6) is 0 Å². The highest BCUT2D eigenvalue weighted by atomic mass is 15.0. The van der Waals surface area contributed by atoms with Gasteiger partial charge in [-0.15, -0.1) is 0 Å². The van der Waals surface area contributed by atoms with Crippen molar-refractivity contribution in [1.29, 1.82) is 5.26 Å². The molecule has 0 unspecified atom stereocenters. The average Bonchev–Trinajstić information content (AvgIpc) is 3.64. The fourth-order valence-corrected chi connectivity index (χ4v) is 6.99. The number of benzene rings is 7. The molecule has 9 rings (SSSR count). The molecule has 0 bridgehead atoms. The second-order valence-electron chi connectivity index (χ2n) is 11.7. The zero-order chi connectivity index (χ0) is 30.6. The van der Waals surface area contributed by atoms with Crippen LogP contribution in [0.3, 0.4) is 0 Å². The van der Waals surface area contributed by atoms with Gasteiger partial charge >= 0.3 is 0 Å². The highest BCUT2D eigenvalue weighted by Crippen LogP contribution is 2.38. The molecule has 3 heteroatoms. The number of rotatable bonds is 4. The lowest BCUT2D eigenvalue weighted by Crippen LogP contribution is -1.94. The molecule has 0 aliphatic carbocycles. The van der Waals surface area contributed by atoms with E-state index in [1.807, 2.05) is 18.2 Å². The van der Waals surface area contributed by atoms with Gasteiger partial charge < -0.3 is 9.13 Å². The van der Waals surface area contributed by atoms with E-state index in [4.69, 9.17) is 0 Å². The van der Waals surface area contributed by atoms with E-state index in [2.05, 4.69) is 161 Å². The molecule has 0 saturated carbocycles. The first-order valence-electron chi connectivity index (χ1n) is 15.5. The zero-order valence-corrected chi connectivity index (χ0v) is 24.9. The van der Waals surface area contributed by atoms with Crippen molar-refractivity contribution < 1.29 is 0 Å². The summed E-state index contributed by atoms with van der Waals surface area (Å²) in [5.41, 5.74) is 12.1. The van der Waals surface area contributed by atoms with Crippen molar-refractivity contribution in [1.82, 2.24) is 9.13 Å². The molecule has 3 nitrogen and oxygen atoms in total. The molecule has 0 saturated heterocycles. The van der Waals surface area contributed by atoms with Gasteiger partial charge in [-0.25, -0.2) is 0 Å². The third-order valence-electron chi connectivity index (χ3n) is 9.15. The van der Waals surface area contributed by atoms with Gasteiger partial charge in [-0.05, 0) is 82.9 Å². The molecule has 0 N–H and O–H groups in total. The van der Waals surface area contributed by atoms with E-state index >= 15 is 0 Å². The van der Waals surface area contributed by atoms with E-state index < -0.39 is 0 Å². The Kier molecular flexibility index (Phi) is 5.88. The number of nitrogens with zero attached hydrogens (tertiary/aromatic N) is 3. The molecule has 214 valence electrons. The molecule has 0 fully saturated rings. The third kappa shape index (κ3) is 4.05. The first-order valence-corrected chi connectivity index (χ1v) is 15.5. The highest BCUT2D eigenvalue weighted by Gasteiger charge is 2.16. The van der Waals surface area contributed by atoms with E-state index in [9.17, 15) is 5.26 Å². The van der Waals surface area contributed by atoms with Crippen molar-refractivity contribution in [2.75, 3.05) is 0 Å². The Labute approximate surface area is 266 Å². The SMILES string of the molecule is N#Cc1ccc2c3ccc(-c4ccc5c(c4)c4ccccc4n5-c4ccccc4)cc3n(-c3ccc(-c4ccccc4)cc3)c2c1. The maximum atomic E-state index is 9.76. The third-order valence-corrected chi connectivity index (χ3v) is 9.15. The number of aromatic nitrogens is 2. The van der Waals surface area contributed by atoms with Gasteiger partial charge in [0.2, 0.25) is 0 Å². The largest absolute Gasteiger partial charge is 0.309 e. The van der Waals surface area contributed by atoms with Crippen LogP contribution in [0.4, 0.5) is 0 Å². The van der Waals surface area contributed by atoms with Crippen molar-refractivity contribution >= 4 is 43.6 Å². The quantitative estimate of drug-likeness (QED) is 0.202. The monoisotopic (exact) mass is 585 g/mol. The van der Waals surface area contributed by atoms with Gasteiger partial charge in [-0.3, -0.25) is 0 Å². The Hall–Kier alpha value is -6.37. The summed E-state index contributed by atoms with van der Waals surface area (Å²) in [7, 11) is 0. The summed E-state index contributed by atoms with van der Waals surface area (Å²) in [5.74, 6) is 0. The fourth-order valence-electron chi connectivity index (χ4n) is 6.99. The van der Waals surface area contributed by atoms with Crippen molar-refractivity contribution in [3.8, 4) is 39.7 Å². The molecule has 2 heterocycles. The summed E-state index contributed by atoms with van der Waals surface area (Å²) >= 11 is 0. The molecule has 7 aromatic carbocycles. The number of para-hydroxylation sites is 2. The predicted octanol–water partition coefficient (Wildman–Crippen LogP) is 11.1. The Balaban J connectivity index is 1.25. The average molecular weight is 586 g/mol. The molecule has 0 amide bonds. The number of hydrogen-bond acceptors (Lipinski definition) is 1. The van der Waals surface area contributed by atoms with Crippen LogP contribution in [0.15, 0.2) is 164 Å². The summed E-state index contributed by atoms with van der Waals surface area (Å²) in [5, 5.41) is 14.5. The van der Waals surface area contributed by atoms with Crippen LogP contribution >= 0.6 is 0 Å². The summed E-state index contributed by atoms with van der Waals surface area (Å²) in [6.45, 7) is 0. The predicted molar refractivity (Wildman–Crippen MR) is 191 cm³/mol. The first-order chi connectivity index (χ1) is 22.8. The van der Waals surface area contributed by atoms with Crippen LogP contribution in [-0.2, 0) is 0 Å². The maximum absolute atomic E-state index is 9.76. The second kappa shape index (κ2) is 10.4. The topological polar surface area (TPSA) is 33.6 Å². The van der Waals surface area contributed by atoms with Crippen molar-refractivity contribution in [2.24, 2.45) is 0 Å². The summed E-state index contributed by atoms with van der Waals surface area (Å²) in [6, 6.07) is 60.3. The van der Waals surface area contributed by atoms with Crippen LogP contribution in [0.2, 0.25) is 0 Å². The van der Waals surface area contributed by atoms with Crippen molar-refractivity contribution in [3.05, 3.63) is 169 Å². The van der Waals surface area contributed by atoms with E-state index in [1.54, 1.807) is 0 Å². The van der Waals surface area contributed by atoms with E-state index in [0.717, 1.165) is 38.7 Å².